The van der Waals surface area contributed by atoms with Gasteiger partial charge in [-0.25, -0.2) is 4.98 Å². The fourth-order valence-electron chi connectivity index (χ4n) is 3.03. The largest absolute Gasteiger partial charge is 0.448 e. The molecule has 0 aliphatic rings. The number of hydrogen-bond donors (Lipinski definition) is 1. The number of nitrogens with zero attached hydrogens (tertiary/aromatic N) is 1. The highest BCUT2D eigenvalue weighted by molar-refractivity contribution is 5.38. The summed E-state index contributed by atoms with van der Waals surface area (Å²) in [5.41, 5.74) is 4.64. The molecule has 1 heterocycles. The molecule has 120 valence electrons. The van der Waals surface area contributed by atoms with Gasteiger partial charge in [-0.05, 0) is 56.2 Å². The lowest BCUT2D eigenvalue weighted by Crippen LogP contribution is -2.26. The summed E-state index contributed by atoms with van der Waals surface area (Å²) in [6, 6.07) is 6.65. The molecule has 0 spiro atoms. The molecule has 0 saturated carbocycles. The van der Waals surface area contributed by atoms with Gasteiger partial charge < -0.3 is 9.52 Å². The Bertz CT molecular complexity index is 612. The maximum Gasteiger partial charge on any atom is 0.204 e. The van der Waals surface area contributed by atoms with Crippen molar-refractivity contribution in [3.05, 3.63) is 52.7 Å². The first-order valence-corrected chi connectivity index (χ1v) is 8.20. The second kappa shape index (κ2) is 7.10. The zero-order valence-corrected chi connectivity index (χ0v) is 14.1. The van der Waals surface area contributed by atoms with Crippen LogP contribution in [0.1, 0.15) is 61.4 Å². The Morgan fingerprint density at radius 2 is 1.86 bits per heavy atom. The third-order valence-electron chi connectivity index (χ3n) is 4.82. The van der Waals surface area contributed by atoms with Crippen LogP contribution >= 0.6 is 0 Å². The molecule has 0 saturated heterocycles. The van der Waals surface area contributed by atoms with Crippen molar-refractivity contribution in [3.63, 3.8) is 0 Å². The van der Waals surface area contributed by atoms with E-state index in [1.165, 1.54) is 16.7 Å². The standard InChI is InChI=1S/C19H27NO2/c1-5-19(6-2,16-10-9-14(3)15(4)12-16)18-20-17(13-22-18)8-7-11-21/h9-10,12-13,21H,5-8,11H2,1-4H3. The van der Waals surface area contributed by atoms with Crippen LogP contribution in [0.15, 0.2) is 28.9 Å². The molecule has 3 nitrogen and oxygen atoms in total. The van der Waals surface area contributed by atoms with Crippen molar-refractivity contribution in [1.82, 2.24) is 4.98 Å². The summed E-state index contributed by atoms with van der Waals surface area (Å²) in [5.74, 6) is 0.800. The predicted molar refractivity (Wildman–Crippen MR) is 89.2 cm³/mol. The lowest BCUT2D eigenvalue weighted by Gasteiger charge is -2.29. The van der Waals surface area contributed by atoms with Gasteiger partial charge in [-0.3, -0.25) is 0 Å². The summed E-state index contributed by atoms with van der Waals surface area (Å²) in [7, 11) is 0. The first-order chi connectivity index (χ1) is 10.6. The van der Waals surface area contributed by atoms with Crippen LogP contribution < -0.4 is 0 Å². The smallest absolute Gasteiger partial charge is 0.204 e. The monoisotopic (exact) mass is 301 g/mol. The zero-order valence-electron chi connectivity index (χ0n) is 14.1. The molecule has 0 fully saturated rings. The van der Waals surface area contributed by atoms with Crippen molar-refractivity contribution < 1.29 is 9.52 Å². The van der Waals surface area contributed by atoms with Crippen molar-refractivity contribution in [1.29, 1.82) is 0 Å². The molecular formula is C19H27NO2. The Morgan fingerprint density at radius 1 is 1.14 bits per heavy atom. The molecular weight excluding hydrogens is 274 g/mol. The van der Waals surface area contributed by atoms with E-state index < -0.39 is 0 Å². The van der Waals surface area contributed by atoms with Gasteiger partial charge in [-0.15, -0.1) is 0 Å². The highest BCUT2D eigenvalue weighted by atomic mass is 16.3. The number of rotatable bonds is 7. The predicted octanol–water partition coefficient (Wildman–Crippen LogP) is 4.32. The number of oxazole rings is 1. The van der Waals surface area contributed by atoms with Crippen LogP contribution in [0.5, 0.6) is 0 Å². The summed E-state index contributed by atoms with van der Waals surface area (Å²) >= 11 is 0. The van der Waals surface area contributed by atoms with E-state index in [1.807, 2.05) is 0 Å². The number of aliphatic hydroxyl groups excluding tert-OH is 1. The van der Waals surface area contributed by atoms with Crippen LogP contribution in [0.4, 0.5) is 0 Å². The van der Waals surface area contributed by atoms with E-state index in [4.69, 9.17) is 14.5 Å². The molecule has 0 unspecified atom stereocenters. The summed E-state index contributed by atoms with van der Waals surface area (Å²) < 4.78 is 5.84. The Balaban J connectivity index is 2.42. The van der Waals surface area contributed by atoms with Crippen LogP contribution in [0.25, 0.3) is 0 Å². The minimum atomic E-state index is -0.171. The minimum absolute atomic E-state index is 0.171. The van der Waals surface area contributed by atoms with Crippen molar-refractivity contribution >= 4 is 0 Å². The molecule has 0 aliphatic carbocycles. The molecule has 0 amide bonds. The average Bonchev–Trinajstić information content (AvgIpc) is 3.00. The van der Waals surface area contributed by atoms with Gasteiger partial charge in [0.2, 0.25) is 5.89 Å². The van der Waals surface area contributed by atoms with Gasteiger partial charge in [-0.1, -0.05) is 32.0 Å². The van der Waals surface area contributed by atoms with Crippen LogP contribution in [0.3, 0.4) is 0 Å². The highest BCUT2D eigenvalue weighted by Gasteiger charge is 2.35. The molecule has 2 aromatic rings. The van der Waals surface area contributed by atoms with E-state index in [2.05, 4.69) is 45.9 Å². The first-order valence-electron chi connectivity index (χ1n) is 8.20. The third kappa shape index (κ3) is 3.09. The van der Waals surface area contributed by atoms with Gasteiger partial charge in [0, 0.05) is 6.61 Å². The Labute approximate surface area is 133 Å². The molecule has 2 rings (SSSR count). The maximum atomic E-state index is 8.96. The topological polar surface area (TPSA) is 46.3 Å². The van der Waals surface area contributed by atoms with Crippen LogP contribution in [-0.2, 0) is 11.8 Å². The molecule has 0 bridgehead atoms. The number of hydrogen-bond acceptors (Lipinski definition) is 3. The van der Waals surface area contributed by atoms with Gasteiger partial charge in [0.05, 0.1) is 11.1 Å². The molecule has 0 radical (unpaired) electrons. The van der Waals surface area contributed by atoms with E-state index in [1.54, 1.807) is 6.26 Å². The van der Waals surface area contributed by atoms with Crippen molar-refractivity contribution in [2.75, 3.05) is 6.61 Å². The first kappa shape index (κ1) is 16.8. The van der Waals surface area contributed by atoms with Crippen molar-refractivity contribution in [3.8, 4) is 0 Å². The SMILES string of the molecule is CCC(CC)(c1ccc(C)c(C)c1)c1nc(CCCO)co1. The van der Waals surface area contributed by atoms with E-state index in [0.29, 0.717) is 0 Å². The van der Waals surface area contributed by atoms with Gasteiger partial charge in [0.25, 0.3) is 0 Å². The number of aromatic nitrogens is 1. The number of aryl methyl sites for hydroxylation is 3. The fourth-order valence-corrected chi connectivity index (χ4v) is 3.03. The zero-order chi connectivity index (χ0) is 16.2. The normalized spacial score (nSPS) is 11.9. The lowest BCUT2D eigenvalue weighted by molar-refractivity contribution is 0.288. The van der Waals surface area contributed by atoms with E-state index in [0.717, 1.165) is 37.3 Å². The van der Waals surface area contributed by atoms with Crippen LogP contribution in [0.2, 0.25) is 0 Å². The van der Waals surface area contributed by atoms with Crippen molar-refractivity contribution in [2.24, 2.45) is 0 Å². The van der Waals surface area contributed by atoms with E-state index in [-0.39, 0.29) is 12.0 Å². The van der Waals surface area contributed by atoms with Crippen LogP contribution in [0, 0.1) is 13.8 Å². The second-order valence-corrected chi connectivity index (χ2v) is 6.06. The molecule has 1 aromatic heterocycles. The van der Waals surface area contributed by atoms with Gasteiger partial charge in [0.1, 0.15) is 6.26 Å². The third-order valence-corrected chi connectivity index (χ3v) is 4.82. The average molecular weight is 301 g/mol. The van der Waals surface area contributed by atoms with Crippen LogP contribution in [-0.4, -0.2) is 16.7 Å². The van der Waals surface area contributed by atoms with Gasteiger partial charge in [0.15, 0.2) is 0 Å². The quantitative estimate of drug-likeness (QED) is 0.828. The Morgan fingerprint density at radius 3 is 2.45 bits per heavy atom. The summed E-state index contributed by atoms with van der Waals surface area (Å²) in [6.07, 6.45) is 5.13. The fraction of sp³-hybridized carbons (Fsp3) is 0.526. The Hall–Kier alpha value is -1.61. The number of benzene rings is 1. The van der Waals surface area contributed by atoms with E-state index in [9.17, 15) is 0 Å². The van der Waals surface area contributed by atoms with Crippen molar-refractivity contribution in [2.45, 2.75) is 58.8 Å². The second-order valence-electron chi connectivity index (χ2n) is 6.06. The van der Waals surface area contributed by atoms with Gasteiger partial charge in [-0.2, -0.15) is 0 Å². The molecule has 1 aromatic carbocycles. The summed E-state index contributed by atoms with van der Waals surface area (Å²) in [5, 5.41) is 8.96. The van der Waals surface area contributed by atoms with Gasteiger partial charge >= 0.3 is 0 Å². The minimum Gasteiger partial charge on any atom is -0.448 e. The molecule has 1 N–H and O–H groups in total. The molecule has 22 heavy (non-hydrogen) atoms. The number of aliphatic hydroxyl groups is 1. The summed E-state index contributed by atoms with van der Waals surface area (Å²) in [4.78, 5) is 4.71. The van der Waals surface area contributed by atoms with E-state index >= 15 is 0 Å². The molecule has 0 aliphatic heterocycles. The molecule has 0 atom stereocenters. The highest BCUT2D eigenvalue weighted by Crippen LogP contribution is 2.39. The molecule has 3 heteroatoms. The summed E-state index contributed by atoms with van der Waals surface area (Å²) in [6.45, 7) is 8.85. The lowest BCUT2D eigenvalue weighted by atomic mass is 9.75. The maximum absolute atomic E-state index is 8.96. The Kier molecular flexibility index (Phi) is 5.41.